The molecule has 0 saturated heterocycles. The molecule has 0 aliphatic rings. The fourth-order valence-corrected chi connectivity index (χ4v) is 11.0. The summed E-state index contributed by atoms with van der Waals surface area (Å²) in [6.45, 7) is 4.98. The minimum absolute atomic E-state index is 0.0129. The van der Waals surface area contributed by atoms with Crippen molar-refractivity contribution in [3.63, 3.8) is 0 Å². The van der Waals surface area contributed by atoms with Crippen molar-refractivity contribution in [3.8, 4) is 0 Å². The molecule has 0 radical (unpaired) electrons. The zero-order valence-corrected chi connectivity index (χ0v) is 51.5. The maximum Gasteiger partial charge on any atom is 0.305 e. The molecular formula is C70H135NO5. The van der Waals surface area contributed by atoms with Gasteiger partial charge in [-0.25, -0.2) is 0 Å². The van der Waals surface area contributed by atoms with Gasteiger partial charge in [0.1, 0.15) is 0 Å². The molecule has 0 aliphatic carbocycles. The Morgan fingerprint density at radius 3 is 1.00 bits per heavy atom. The lowest BCUT2D eigenvalue weighted by molar-refractivity contribution is -0.143. The first-order chi connectivity index (χ1) is 37.5. The Morgan fingerprint density at radius 1 is 0.368 bits per heavy atom. The summed E-state index contributed by atoms with van der Waals surface area (Å²) in [7, 11) is 0. The number of ether oxygens (including phenoxy) is 1. The van der Waals surface area contributed by atoms with Crippen molar-refractivity contribution in [1.29, 1.82) is 0 Å². The summed E-state index contributed by atoms with van der Waals surface area (Å²) in [6, 6.07) is -0.544. The van der Waals surface area contributed by atoms with Crippen molar-refractivity contribution in [3.05, 3.63) is 24.3 Å². The molecule has 2 atom stereocenters. The summed E-state index contributed by atoms with van der Waals surface area (Å²) in [6.07, 6.45) is 82.1. The molecule has 0 spiro atoms. The fraction of sp³-hybridized carbons (Fsp3) is 0.914. The quantitative estimate of drug-likeness (QED) is 0.0320. The van der Waals surface area contributed by atoms with Crippen molar-refractivity contribution in [2.24, 2.45) is 0 Å². The summed E-state index contributed by atoms with van der Waals surface area (Å²) in [5.41, 5.74) is 0. The Bertz CT molecular complexity index is 1190. The second-order valence-electron chi connectivity index (χ2n) is 23.9. The number of aliphatic hydroxyl groups excluding tert-OH is 2. The average Bonchev–Trinajstić information content (AvgIpc) is 3.42. The molecule has 0 rings (SSSR count). The van der Waals surface area contributed by atoms with E-state index in [4.69, 9.17) is 4.74 Å². The number of nitrogens with one attached hydrogen (secondary N) is 1. The summed E-state index contributed by atoms with van der Waals surface area (Å²) in [5, 5.41) is 23.4. The minimum atomic E-state index is -0.667. The van der Waals surface area contributed by atoms with Gasteiger partial charge < -0.3 is 20.3 Å². The second-order valence-corrected chi connectivity index (χ2v) is 23.9. The smallest absolute Gasteiger partial charge is 0.305 e. The molecule has 1 amide bonds. The van der Waals surface area contributed by atoms with Crippen molar-refractivity contribution >= 4 is 11.9 Å². The van der Waals surface area contributed by atoms with Gasteiger partial charge in [-0.05, 0) is 57.8 Å². The maximum atomic E-state index is 12.5. The highest BCUT2D eigenvalue weighted by atomic mass is 16.5. The van der Waals surface area contributed by atoms with Crippen LogP contribution in [0.1, 0.15) is 386 Å². The van der Waals surface area contributed by atoms with Crippen LogP contribution in [-0.4, -0.2) is 47.4 Å². The van der Waals surface area contributed by atoms with Crippen molar-refractivity contribution in [1.82, 2.24) is 5.32 Å². The number of amides is 1. The lowest BCUT2D eigenvalue weighted by Crippen LogP contribution is -2.45. The first kappa shape index (κ1) is 74.3. The highest BCUT2D eigenvalue weighted by Crippen LogP contribution is 2.19. The third kappa shape index (κ3) is 61.6. The van der Waals surface area contributed by atoms with Gasteiger partial charge in [-0.3, -0.25) is 9.59 Å². The lowest BCUT2D eigenvalue weighted by atomic mass is 10.0. The van der Waals surface area contributed by atoms with Gasteiger partial charge >= 0.3 is 5.97 Å². The summed E-state index contributed by atoms with van der Waals surface area (Å²) in [5.74, 6) is -0.0215. The summed E-state index contributed by atoms with van der Waals surface area (Å²) < 4.78 is 5.48. The van der Waals surface area contributed by atoms with E-state index in [2.05, 4.69) is 43.5 Å². The van der Waals surface area contributed by atoms with E-state index >= 15 is 0 Å². The summed E-state index contributed by atoms with van der Waals surface area (Å²) in [4.78, 5) is 24.6. The van der Waals surface area contributed by atoms with Gasteiger partial charge in [-0.15, -0.1) is 0 Å². The molecule has 6 heteroatoms. The number of carbonyl (C=O) groups is 2. The van der Waals surface area contributed by atoms with E-state index in [1.807, 2.05) is 0 Å². The molecule has 2 unspecified atom stereocenters. The van der Waals surface area contributed by atoms with Gasteiger partial charge in [0.05, 0.1) is 25.4 Å². The monoisotopic (exact) mass is 1070 g/mol. The number of carbonyl (C=O) groups excluding carboxylic acids is 2. The predicted octanol–water partition coefficient (Wildman–Crippen LogP) is 22.1. The van der Waals surface area contributed by atoms with Crippen LogP contribution in [0.3, 0.4) is 0 Å². The Kier molecular flexibility index (Phi) is 64.4. The van der Waals surface area contributed by atoms with Gasteiger partial charge in [0.25, 0.3) is 0 Å². The number of hydrogen-bond acceptors (Lipinski definition) is 5. The average molecular weight is 1070 g/mol. The minimum Gasteiger partial charge on any atom is -0.466 e. The molecule has 0 aromatic rings. The van der Waals surface area contributed by atoms with Crippen LogP contribution in [-0.2, 0) is 14.3 Å². The van der Waals surface area contributed by atoms with Crippen LogP contribution in [0.2, 0.25) is 0 Å². The van der Waals surface area contributed by atoms with Crippen molar-refractivity contribution in [2.75, 3.05) is 13.2 Å². The molecule has 76 heavy (non-hydrogen) atoms. The standard InChI is InChI=1S/C70H135NO5/c1-3-5-7-9-11-13-15-17-18-19-29-32-35-39-42-46-50-54-58-62-68(73)67(66-72)71-69(74)63-59-55-51-47-43-40-36-33-30-27-25-23-21-20-22-24-26-28-31-34-37-41-45-49-53-57-61-65-76-70(75)64-60-56-52-48-44-38-16-14-12-10-8-6-4-2/h20-21,24,26,67-68,72-73H,3-19,22-23,25,27-66H2,1-2H3,(H,71,74)/b21-20-,26-24-. The fourth-order valence-electron chi connectivity index (χ4n) is 11.0. The molecule has 6 nitrogen and oxygen atoms in total. The normalized spacial score (nSPS) is 12.6. The van der Waals surface area contributed by atoms with E-state index in [0.717, 1.165) is 44.9 Å². The zero-order chi connectivity index (χ0) is 55.0. The number of esters is 1. The molecule has 450 valence electrons. The van der Waals surface area contributed by atoms with Crippen LogP contribution in [0.25, 0.3) is 0 Å². The molecule has 0 fully saturated rings. The molecule has 0 bridgehead atoms. The van der Waals surface area contributed by atoms with E-state index in [9.17, 15) is 19.8 Å². The Balaban J connectivity index is 3.41. The SMILES string of the molecule is CCCCCCCCCCCCCCCCCCCCCC(O)C(CO)NC(=O)CCCCCCCCCCCCC/C=C\C/C=C\CCCCCCCCCCCOC(=O)CCCCCCCCCCCCCCC. The van der Waals surface area contributed by atoms with Crippen molar-refractivity contribution < 1.29 is 24.5 Å². The third-order valence-electron chi connectivity index (χ3n) is 16.3. The van der Waals surface area contributed by atoms with Gasteiger partial charge in [-0.2, -0.15) is 0 Å². The van der Waals surface area contributed by atoms with Gasteiger partial charge in [0.2, 0.25) is 5.91 Å². The number of allylic oxidation sites excluding steroid dienone is 4. The highest BCUT2D eigenvalue weighted by molar-refractivity contribution is 5.76. The van der Waals surface area contributed by atoms with Crippen LogP contribution in [0.5, 0.6) is 0 Å². The molecule has 0 saturated carbocycles. The molecule has 0 aromatic heterocycles. The van der Waals surface area contributed by atoms with E-state index in [-0.39, 0.29) is 18.5 Å². The number of unbranched alkanes of at least 4 members (excludes halogenated alkanes) is 50. The van der Waals surface area contributed by atoms with Gasteiger partial charge in [0.15, 0.2) is 0 Å². The lowest BCUT2D eigenvalue weighted by Gasteiger charge is -2.22. The van der Waals surface area contributed by atoms with Gasteiger partial charge in [-0.1, -0.05) is 340 Å². The van der Waals surface area contributed by atoms with E-state index < -0.39 is 12.1 Å². The molecule has 3 N–H and O–H groups in total. The van der Waals surface area contributed by atoms with E-state index in [0.29, 0.717) is 25.9 Å². The van der Waals surface area contributed by atoms with Crippen LogP contribution in [0.15, 0.2) is 24.3 Å². The Morgan fingerprint density at radius 2 is 0.658 bits per heavy atom. The van der Waals surface area contributed by atoms with Crippen molar-refractivity contribution in [2.45, 2.75) is 398 Å². The number of hydrogen-bond donors (Lipinski definition) is 3. The Labute approximate surface area is 475 Å². The molecule has 0 aliphatic heterocycles. The molecule has 0 aromatic carbocycles. The first-order valence-corrected chi connectivity index (χ1v) is 34.6. The maximum absolute atomic E-state index is 12.5. The van der Waals surface area contributed by atoms with E-state index in [1.54, 1.807) is 0 Å². The largest absolute Gasteiger partial charge is 0.466 e. The predicted molar refractivity (Wildman–Crippen MR) is 333 cm³/mol. The second kappa shape index (κ2) is 65.9. The molecule has 0 heterocycles. The number of rotatable bonds is 65. The van der Waals surface area contributed by atoms with Crippen LogP contribution in [0.4, 0.5) is 0 Å². The van der Waals surface area contributed by atoms with Gasteiger partial charge in [0, 0.05) is 12.8 Å². The first-order valence-electron chi connectivity index (χ1n) is 34.6. The highest BCUT2D eigenvalue weighted by Gasteiger charge is 2.20. The number of aliphatic hydroxyl groups is 2. The topological polar surface area (TPSA) is 95.9 Å². The van der Waals surface area contributed by atoms with Crippen LogP contribution >= 0.6 is 0 Å². The Hall–Kier alpha value is -1.66. The summed E-state index contributed by atoms with van der Waals surface area (Å²) >= 11 is 0. The van der Waals surface area contributed by atoms with E-state index in [1.165, 1.54) is 308 Å². The zero-order valence-electron chi connectivity index (χ0n) is 51.5. The van der Waals surface area contributed by atoms with Crippen LogP contribution < -0.4 is 5.32 Å². The molecular weight excluding hydrogens is 935 g/mol. The van der Waals surface area contributed by atoms with Crippen LogP contribution in [0, 0.1) is 0 Å². The third-order valence-corrected chi connectivity index (χ3v) is 16.3.